The highest BCUT2D eigenvalue weighted by Crippen LogP contribution is 2.24. The smallest absolute Gasteiger partial charge is 0.149 e. The van der Waals surface area contributed by atoms with Gasteiger partial charge < -0.3 is 5.73 Å². The Morgan fingerprint density at radius 2 is 2.11 bits per heavy atom. The lowest BCUT2D eigenvalue weighted by Crippen LogP contribution is -2.06. The molecule has 2 aromatic rings. The molecule has 0 bridgehead atoms. The Kier molecular flexibility index (Phi) is 3.68. The van der Waals surface area contributed by atoms with Crippen LogP contribution in [0.15, 0.2) is 18.2 Å². The van der Waals surface area contributed by atoms with Gasteiger partial charge in [0.1, 0.15) is 11.5 Å². The third-order valence-electron chi connectivity index (χ3n) is 2.88. The molecule has 3 nitrogen and oxygen atoms in total. The second kappa shape index (κ2) is 5.08. The minimum absolute atomic E-state index is 0.316. The minimum atomic E-state index is -0.316. The monoisotopic (exact) mass is 267 g/mol. The standard InChI is InChI=1S/C13H15ClFN3/c1-8-13(14)9(2)18(17-8)12-4-3-10(5-6-16)7-11(12)15/h3-4,7H,5-6,16H2,1-2H3. The van der Waals surface area contributed by atoms with Crippen LogP contribution < -0.4 is 5.73 Å². The van der Waals surface area contributed by atoms with E-state index >= 15 is 0 Å². The molecule has 96 valence electrons. The van der Waals surface area contributed by atoms with Crippen LogP contribution in [0.1, 0.15) is 17.0 Å². The number of aromatic nitrogens is 2. The Bertz CT molecular complexity index is 578. The van der Waals surface area contributed by atoms with Crippen molar-refractivity contribution >= 4 is 11.6 Å². The van der Waals surface area contributed by atoms with Crippen molar-refractivity contribution in [2.24, 2.45) is 5.73 Å². The van der Waals surface area contributed by atoms with Gasteiger partial charge in [0.25, 0.3) is 0 Å². The third-order valence-corrected chi connectivity index (χ3v) is 3.42. The Morgan fingerprint density at radius 3 is 2.61 bits per heavy atom. The lowest BCUT2D eigenvalue weighted by Gasteiger charge is -2.07. The average Bonchev–Trinajstić information content (AvgIpc) is 2.58. The van der Waals surface area contributed by atoms with Crippen molar-refractivity contribution in [3.63, 3.8) is 0 Å². The molecule has 1 aromatic heterocycles. The predicted octanol–water partition coefficient (Wildman–Crippen LogP) is 2.78. The SMILES string of the molecule is Cc1nn(-c2ccc(CCN)cc2F)c(C)c1Cl. The first-order chi connectivity index (χ1) is 8.54. The van der Waals surface area contributed by atoms with Crippen LogP contribution in [0.4, 0.5) is 4.39 Å². The largest absolute Gasteiger partial charge is 0.330 e. The van der Waals surface area contributed by atoms with Crippen molar-refractivity contribution in [1.29, 1.82) is 0 Å². The van der Waals surface area contributed by atoms with Gasteiger partial charge in [-0.3, -0.25) is 0 Å². The van der Waals surface area contributed by atoms with Crippen molar-refractivity contribution in [3.05, 3.63) is 46.0 Å². The zero-order valence-corrected chi connectivity index (χ0v) is 11.1. The molecule has 0 aliphatic rings. The molecule has 0 saturated heterocycles. The van der Waals surface area contributed by atoms with Gasteiger partial charge in [-0.15, -0.1) is 0 Å². The van der Waals surface area contributed by atoms with E-state index in [9.17, 15) is 4.39 Å². The average molecular weight is 268 g/mol. The predicted molar refractivity (Wildman–Crippen MR) is 70.8 cm³/mol. The number of rotatable bonds is 3. The Balaban J connectivity index is 2.48. The van der Waals surface area contributed by atoms with E-state index in [1.807, 2.05) is 13.0 Å². The molecule has 1 aromatic carbocycles. The van der Waals surface area contributed by atoms with Crippen LogP contribution in [0.5, 0.6) is 0 Å². The van der Waals surface area contributed by atoms with E-state index in [2.05, 4.69) is 5.10 Å². The molecule has 5 heteroatoms. The molecule has 0 unspecified atom stereocenters. The zero-order chi connectivity index (χ0) is 13.3. The second-order valence-corrected chi connectivity index (χ2v) is 4.60. The number of hydrogen-bond acceptors (Lipinski definition) is 2. The van der Waals surface area contributed by atoms with Crippen molar-refractivity contribution in [3.8, 4) is 5.69 Å². The van der Waals surface area contributed by atoms with Crippen LogP contribution in [0.3, 0.4) is 0 Å². The van der Waals surface area contributed by atoms with E-state index in [0.29, 0.717) is 29.4 Å². The molecular formula is C13H15ClFN3. The topological polar surface area (TPSA) is 43.8 Å². The molecule has 0 aliphatic heterocycles. The molecule has 0 saturated carbocycles. The number of nitrogens with two attached hydrogens (primary N) is 1. The van der Waals surface area contributed by atoms with Crippen LogP contribution >= 0.6 is 11.6 Å². The lowest BCUT2D eigenvalue weighted by molar-refractivity contribution is 0.605. The van der Waals surface area contributed by atoms with E-state index in [0.717, 1.165) is 11.3 Å². The zero-order valence-electron chi connectivity index (χ0n) is 10.4. The minimum Gasteiger partial charge on any atom is -0.330 e. The summed E-state index contributed by atoms with van der Waals surface area (Å²) in [5, 5.41) is 4.81. The van der Waals surface area contributed by atoms with E-state index in [4.69, 9.17) is 17.3 Å². The number of halogens is 2. The molecule has 0 spiro atoms. The highest BCUT2D eigenvalue weighted by Gasteiger charge is 2.13. The quantitative estimate of drug-likeness (QED) is 0.929. The number of benzene rings is 1. The van der Waals surface area contributed by atoms with Gasteiger partial charge in [0.15, 0.2) is 0 Å². The normalized spacial score (nSPS) is 10.9. The van der Waals surface area contributed by atoms with Gasteiger partial charge >= 0.3 is 0 Å². The first-order valence-corrected chi connectivity index (χ1v) is 6.13. The Hall–Kier alpha value is -1.39. The number of nitrogens with zero attached hydrogens (tertiary/aromatic N) is 2. The molecule has 1 heterocycles. The summed E-state index contributed by atoms with van der Waals surface area (Å²) in [5.41, 5.74) is 8.17. The van der Waals surface area contributed by atoms with Gasteiger partial charge in [-0.1, -0.05) is 17.7 Å². The van der Waals surface area contributed by atoms with Gasteiger partial charge in [-0.25, -0.2) is 9.07 Å². The lowest BCUT2D eigenvalue weighted by atomic mass is 10.1. The van der Waals surface area contributed by atoms with Gasteiger partial charge in [0.2, 0.25) is 0 Å². The molecule has 0 atom stereocenters. The summed E-state index contributed by atoms with van der Waals surface area (Å²) >= 11 is 6.06. The maximum atomic E-state index is 14.0. The molecule has 18 heavy (non-hydrogen) atoms. The summed E-state index contributed by atoms with van der Waals surface area (Å²) in [6.07, 6.45) is 0.662. The molecule has 0 radical (unpaired) electrons. The summed E-state index contributed by atoms with van der Waals surface area (Å²) in [6.45, 7) is 4.12. The van der Waals surface area contributed by atoms with Gasteiger partial charge in [-0.2, -0.15) is 5.10 Å². The van der Waals surface area contributed by atoms with Crippen LogP contribution in [0, 0.1) is 19.7 Å². The number of aryl methyl sites for hydroxylation is 1. The summed E-state index contributed by atoms with van der Waals surface area (Å²) < 4.78 is 15.6. The van der Waals surface area contributed by atoms with Gasteiger partial charge in [0.05, 0.1) is 16.4 Å². The molecule has 0 fully saturated rings. The molecule has 2 rings (SSSR count). The van der Waals surface area contributed by atoms with Crippen LogP contribution in [-0.2, 0) is 6.42 Å². The Labute approximate surface area is 110 Å². The fraction of sp³-hybridized carbons (Fsp3) is 0.308. The summed E-state index contributed by atoms with van der Waals surface area (Å²) in [6, 6.07) is 5.05. The third kappa shape index (κ3) is 2.26. The van der Waals surface area contributed by atoms with Crippen molar-refractivity contribution in [2.75, 3.05) is 6.54 Å². The maximum absolute atomic E-state index is 14.0. The fourth-order valence-electron chi connectivity index (χ4n) is 1.90. The molecule has 0 amide bonds. The molecule has 2 N–H and O–H groups in total. The van der Waals surface area contributed by atoms with Crippen LogP contribution in [0.25, 0.3) is 5.69 Å². The molecule has 0 aliphatic carbocycles. The maximum Gasteiger partial charge on any atom is 0.149 e. The van der Waals surface area contributed by atoms with Gasteiger partial charge in [0, 0.05) is 0 Å². The first kappa shape index (κ1) is 13.1. The van der Waals surface area contributed by atoms with E-state index in [-0.39, 0.29) is 5.82 Å². The molecular weight excluding hydrogens is 253 g/mol. The highest BCUT2D eigenvalue weighted by molar-refractivity contribution is 6.31. The van der Waals surface area contributed by atoms with Crippen molar-refractivity contribution in [1.82, 2.24) is 9.78 Å². The first-order valence-electron chi connectivity index (χ1n) is 5.75. The fourth-order valence-corrected chi connectivity index (χ4v) is 2.02. The summed E-state index contributed by atoms with van der Waals surface area (Å²) in [7, 11) is 0. The van der Waals surface area contributed by atoms with E-state index < -0.39 is 0 Å². The van der Waals surface area contributed by atoms with Crippen molar-refractivity contribution in [2.45, 2.75) is 20.3 Å². The van der Waals surface area contributed by atoms with Crippen LogP contribution in [-0.4, -0.2) is 16.3 Å². The van der Waals surface area contributed by atoms with E-state index in [1.54, 1.807) is 13.0 Å². The second-order valence-electron chi connectivity index (χ2n) is 4.22. The van der Waals surface area contributed by atoms with Gasteiger partial charge in [-0.05, 0) is 44.5 Å². The van der Waals surface area contributed by atoms with Crippen LogP contribution in [0.2, 0.25) is 5.02 Å². The van der Waals surface area contributed by atoms with Crippen molar-refractivity contribution < 1.29 is 4.39 Å². The summed E-state index contributed by atoms with van der Waals surface area (Å²) in [5.74, 6) is -0.316. The van der Waals surface area contributed by atoms with E-state index in [1.165, 1.54) is 10.7 Å². The number of hydrogen-bond donors (Lipinski definition) is 1. The highest BCUT2D eigenvalue weighted by atomic mass is 35.5. The Morgan fingerprint density at radius 1 is 1.39 bits per heavy atom. The summed E-state index contributed by atoms with van der Waals surface area (Å²) in [4.78, 5) is 0.